The number of carbonyl (C=O) groups excluding carboxylic acids is 3. The number of aldehydes is 1. The minimum Gasteiger partial charge on any atom is -0.548 e. The number of rotatable bonds is 4. The molecule has 4 atom stereocenters. The van der Waals surface area contributed by atoms with Crippen LogP contribution in [0.1, 0.15) is 13.3 Å². The van der Waals surface area contributed by atoms with Gasteiger partial charge in [0.1, 0.15) is 6.29 Å². The van der Waals surface area contributed by atoms with Crippen molar-refractivity contribution in [2.75, 3.05) is 6.61 Å². The zero-order valence-corrected chi connectivity index (χ0v) is 13.0. The SMILES string of the molecule is CC1(C=O)SC2[C@@H](CCO)C(=O)N2C1C(=O)[O-].[Na+]. The number of nitrogens with zero attached hydrogens (tertiary/aromatic N) is 1. The largest absolute Gasteiger partial charge is 1.00 e. The molecular formula is C10H12NNaO5S. The zero-order chi connectivity index (χ0) is 12.8. The predicted molar refractivity (Wildman–Crippen MR) is 56.7 cm³/mol. The second kappa shape index (κ2) is 5.50. The van der Waals surface area contributed by atoms with E-state index in [0.717, 1.165) is 11.8 Å². The van der Waals surface area contributed by atoms with Crippen LogP contribution in [-0.2, 0) is 14.4 Å². The van der Waals surface area contributed by atoms with Gasteiger partial charge in [0.25, 0.3) is 0 Å². The molecule has 0 radical (unpaired) electrons. The number of aliphatic carboxylic acids is 1. The Morgan fingerprint density at radius 2 is 2.28 bits per heavy atom. The molecule has 2 fully saturated rings. The van der Waals surface area contributed by atoms with Crippen LogP contribution in [0.2, 0.25) is 0 Å². The van der Waals surface area contributed by atoms with E-state index in [9.17, 15) is 19.5 Å². The maximum atomic E-state index is 11.7. The minimum atomic E-state index is -1.41. The van der Waals surface area contributed by atoms with Gasteiger partial charge in [-0.2, -0.15) is 0 Å². The first-order valence-electron chi connectivity index (χ1n) is 5.24. The summed E-state index contributed by atoms with van der Waals surface area (Å²) in [6, 6.07) is -1.21. The number of carboxylic acid groups (broad SMARTS) is 1. The predicted octanol–water partition coefficient (Wildman–Crippen LogP) is -5.02. The van der Waals surface area contributed by atoms with Crippen LogP contribution in [0.15, 0.2) is 0 Å². The summed E-state index contributed by atoms with van der Waals surface area (Å²) < 4.78 is -1.16. The average molecular weight is 281 g/mol. The summed E-state index contributed by atoms with van der Waals surface area (Å²) in [5.74, 6) is -2.13. The summed E-state index contributed by atoms with van der Waals surface area (Å²) in [6.07, 6.45) is 0.849. The number of thioether (sulfide) groups is 1. The Kier molecular flexibility index (Phi) is 4.88. The number of hydrogen-bond acceptors (Lipinski definition) is 6. The van der Waals surface area contributed by atoms with E-state index in [1.165, 1.54) is 11.8 Å². The third kappa shape index (κ3) is 2.12. The van der Waals surface area contributed by atoms with E-state index in [4.69, 9.17) is 5.11 Å². The fourth-order valence-electron chi connectivity index (χ4n) is 2.41. The van der Waals surface area contributed by atoms with Gasteiger partial charge >= 0.3 is 29.6 Å². The summed E-state index contributed by atoms with van der Waals surface area (Å²) in [4.78, 5) is 35.0. The van der Waals surface area contributed by atoms with Crippen molar-refractivity contribution in [1.82, 2.24) is 4.90 Å². The fraction of sp³-hybridized carbons (Fsp3) is 0.700. The van der Waals surface area contributed by atoms with Gasteiger partial charge in [0.2, 0.25) is 5.91 Å². The van der Waals surface area contributed by atoms with E-state index in [-0.39, 0.29) is 47.4 Å². The van der Waals surface area contributed by atoms with Gasteiger partial charge in [-0.15, -0.1) is 11.8 Å². The molecule has 0 saturated carbocycles. The van der Waals surface area contributed by atoms with Crippen molar-refractivity contribution in [3.8, 4) is 0 Å². The summed E-state index contributed by atoms with van der Waals surface area (Å²) in [5, 5.41) is 19.5. The van der Waals surface area contributed by atoms with E-state index >= 15 is 0 Å². The monoisotopic (exact) mass is 281 g/mol. The number of amides is 1. The molecule has 0 aliphatic carbocycles. The van der Waals surface area contributed by atoms with Gasteiger partial charge in [0, 0.05) is 6.61 Å². The Morgan fingerprint density at radius 3 is 2.72 bits per heavy atom. The Hall–Kier alpha value is -0.0800. The number of hydrogen-bond donors (Lipinski definition) is 1. The first-order valence-corrected chi connectivity index (χ1v) is 6.12. The van der Waals surface area contributed by atoms with Crippen LogP contribution in [0.3, 0.4) is 0 Å². The normalized spacial score (nSPS) is 37.6. The molecule has 0 aromatic rings. The Bertz CT molecular complexity index is 392. The average Bonchev–Trinajstić information content (AvgIpc) is 2.57. The third-order valence-corrected chi connectivity index (χ3v) is 4.91. The summed E-state index contributed by atoms with van der Waals surface area (Å²) in [5.41, 5.74) is 0. The van der Waals surface area contributed by atoms with Crippen LogP contribution in [0, 0.1) is 5.92 Å². The number of aliphatic hydroxyl groups excluding tert-OH is 1. The second-order valence-corrected chi connectivity index (χ2v) is 5.99. The van der Waals surface area contributed by atoms with Crippen LogP contribution in [0.4, 0.5) is 0 Å². The van der Waals surface area contributed by atoms with Crippen LogP contribution in [-0.4, -0.2) is 50.9 Å². The van der Waals surface area contributed by atoms with Gasteiger partial charge in [-0.05, 0) is 13.3 Å². The number of fused-ring (bicyclic) bond motifs is 1. The molecule has 0 spiro atoms. The van der Waals surface area contributed by atoms with Gasteiger partial charge in [0.05, 0.1) is 28.0 Å². The van der Waals surface area contributed by atoms with Gasteiger partial charge < -0.3 is 24.7 Å². The molecule has 0 bridgehead atoms. The summed E-state index contributed by atoms with van der Waals surface area (Å²) in [6.45, 7) is 1.36. The van der Waals surface area contributed by atoms with Crippen molar-refractivity contribution in [2.45, 2.75) is 29.5 Å². The molecule has 2 rings (SSSR count). The molecule has 2 saturated heterocycles. The number of carboxylic acids is 1. The van der Waals surface area contributed by atoms with Crippen molar-refractivity contribution in [3.63, 3.8) is 0 Å². The molecule has 1 N–H and O–H groups in total. The Labute approximate surface area is 130 Å². The molecule has 94 valence electrons. The van der Waals surface area contributed by atoms with Crippen molar-refractivity contribution in [2.24, 2.45) is 5.92 Å². The maximum Gasteiger partial charge on any atom is 1.00 e. The minimum absolute atomic E-state index is 0. The topological polar surface area (TPSA) is 97.7 Å². The molecule has 2 heterocycles. The standard InChI is InChI=1S/C10H13NO5S.Na/c1-10(4-13)6(9(15)16)11-7(14)5(2-3-12)8(11)17-10;/h4-6,8,12H,2-3H2,1H3,(H,15,16);/q;+1/p-1/t5-,6?,8?,10?;/m0./s1. The first kappa shape index (κ1) is 16.0. The molecule has 1 amide bonds. The van der Waals surface area contributed by atoms with E-state index in [1.54, 1.807) is 0 Å². The van der Waals surface area contributed by atoms with E-state index in [1.807, 2.05) is 0 Å². The number of carbonyl (C=O) groups is 3. The van der Waals surface area contributed by atoms with E-state index in [0.29, 0.717) is 12.7 Å². The van der Waals surface area contributed by atoms with Crippen molar-refractivity contribution in [1.29, 1.82) is 0 Å². The Morgan fingerprint density at radius 1 is 1.67 bits per heavy atom. The summed E-state index contributed by atoms with van der Waals surface area (Å²) >= 11 is 1.16. The van der Waals surface area contributed by atoms with Gasteiger partial charge in [-0.25, -0.2) is 0 Å². The molecule has 6 nitrogen and oxygen atoms in total. The van der Waals surface area contributed by atoms with E-state index < -0.39 is 22.7 Å². The first-order chi connectivity index (χ1) is 7.96. The maximum absolute atomic E-state index is 11.7. The molecule has 0 aromatic heterocycles. The molecule has 2 aliphatic heterocycles. The van der Waals surface area contributed by atoms with Gasteiger partial charge in [0.15, 0.2) is 0 Å². The second-order valence-electron chi connectivity index (χ2n) is 4.40. The molecule has 0 aromatic carbocycles. The third-order valence-electron chi connectivity index (χ3n) is 3.28. The number of β-lactam (4-membered cyclic amide) rings is 1. The van der Waals surface area contributed by atoms with Crippen molar-refractivity contribution in [3.05, 3.63) is 0 Å². The molecule has 2 aliphatic rings. The van der Waals surface area contributed by atoms with Gasteiger partial charge in [-0.1, -0.05) is 0 Å². The van der Waals surface area contributed by atoms with Crippen molar-refractivity contribution >= 4 is 29.9 Å². The molecule has 18 heavy (non-hydrogen) atoms. The summed E-state index contributed by atoms with van der Waals surface area (Å²) in [7, 11) is 0. The van der Waals surface area contributed by atoms with E-state index in [2.05, 4.69) is 0 Å². The van der Waals surface area contributed by atoms with Crippen LogP contribution >= 0.6 is 11.8 Å². The fourth-order valence-corrected chi connectivity index (χ4v) is 4.08. The molecule has 8 heteroatoms. The number of aliphatic hydroxyl groups is 1. The van der Waals surface area contributed by atoms with Crippen LogP contribution < -0.4 is 34.7 Å². The van der Waals surface area contributed by atoms with Crippen LogP contribution in [0.5, 0.6) is 0 Å². The van der Waals surface area contributed by atoms with Crippen LogP contribution in [0.25, 0.3) is 0 Å². The molecule has 3 unspecified atom stereocenters. The quantitative estimate of drug-likeness (QED) is 0.315. The van der Waals surface area contributed by atoms with Gasteiger partial charge in [-0.3, -0.25) is 4.79 Å². The Balaban J connectivity index is 0.00000162. The smallest absolute Gasteiger partial charge is 0.548 e. The van der Waals surface area contributed by atoms with Crippen molar-refractivity contribution < 1.29 is 54.2 Å². The molecular weight excluding hydrogens is 269 g/mol. The zero-order valence-electron chi connectivity index (χ0n) is 10.2.